The SMILES string of the molecule is COc1ccc(CC(NC(=O)[C@H](C)CC(=O)CN2CCO[C@@H](C)C2)C(=O)N[C@@H](Cc2ccccc2)C(=O)[C@@]2(C)CO2)cc1. The Labute approximate surface area is 253 Å². The van der Waals surface area contributed by atoms with Crippen LogP contribution in [-0.4, -0.2) is 92.0 Å². The van der Waals surface area contributed by atoms with E-state index in [1.54, 1.807) is 33.1 Å². The molecule has 2 aromatic rings. The van der Waals surface area contributed by atoms with E-state index >= 15 is 0 Å². The van der Waals surface area contributed by atoms with E-state index in [0.29, 0.717) is 38.5 Å². The number of rotatable bonds is 15. The third-order valence-corrected chi connectivity index (χ3v) is 7.95. The third-order valence-electron chi connectivity index (χ3n) is 7.95. The highest BCUT2D eigenvalue weighted by molar-refractivity contribution is 5.98. The molecule has 4 rings (SSSR count). The number of methoxy groups -OCH3 is 1. The Morgan fingerprint density at radius 3 is 2.23 bits per heavy atom. The van der Waals surface area contributed by atoms with Gasteiger partial charge in [-0.05, 0) is 43.5 Å². The quantitative estimate of drug-likeness (QED) is 0.301. The van der Waals surface area contributed by atoms with Crippen molar-refractivity contribution in [2.45, 2.75) is 63.8 Å². The van der Waals surface area contributed by atoms with Crippen LogP contribution in [-0.2, 0) is 41.5 Å². The number of carbonyl (C=O) groups is 4. The van der Waals surface area contributed by atoms with E-state index in [9.17, 15) is 19.2 Å². The summed E-state index contributed by atoms with van der Waals surface area (Å²) in [7, 11) is 1.57. The maximum Gasteiger partial charge on any atom is 0.243 e. The number of ether oxygens (including phenoxy) is 3. The van der Waals surface area contributed by atoms with E-state index in [4.69, 9.17) is 14.2 Å². The van der Waals surface area contributed by atoms with Crippen molar-refractivity contribution in [1.29, 1.82) is 0 Å². The number of ketones is 2. The van der Waals surface area contributed by atoms with Crippen molar-refractivity contribution in [1.82, 2.24) is 15.5 Å². The number of hydrogen-bond acceptors (Lipinski definition) is 8. The maximum atomic E-state index is 13.8. The first-order valence-electron chi connectivity index (χ1n) is 14.9. The van der Waals surface area contributed by atoms with Crippen molar-refractivity contribution in [2.24, 2.45) is 5.92 Å². The number of nitrogens with zero attached hydrogens (tertiary/aromatic N) is 1. The molecule has 0 saturated carbocycles. The maximum absolute atomic E-state index is 13.8. The van der Waals surface area contributed by atoms with Gasteiger partial charge in [0.25, 0.3) is 0 Å². The Bertz CT molecular complexity index is 1260. The molecule has 2 N–H and O–H groups in total. The monoisotopic (exact) mass is 593 g/mol. The first-order valence-corrected chi connectivity index (χ1v) is 14.9. The van der Waals surface area contributed by atoms with Gasteiger partial charge in [0.15, 0.2) is 5.78 Å². The molecule has 2 heterocycles. The molecule has 2 aromatic carbocycles. The van der Waals surface area contributed by atoms with Gasteiger partial charge in [0.1, 0.15) is 23.2 Å². The number of amides is 2. The number of nitrogens with one attached hydrogen (secondary N) is 2. The molecule has 0 aliphatic carbocycles. The minimum Gasteiger partial charge on any atom is -0.497 e. The van der Waals surface area contributed by atoms with Gasteiger partial charge in [-0.3, -0.25) is 24.1 Å². The number of epoxide rings is 1. The Morgan fingerprint density at radius 2 is 1.60 bits per heavy atom. The smallest absolute Gasteiger partial charge is 0.243 e. The van der Waals surface area contributed by atoms with Gasteiger partial charge in [-0.2, -0.15) is 0 Å². The summed E-state index contributed by atoms with van der Waals surface area (Å²) >= 11 is 0. The molecular formula is C33H43N3O7. The van der Waals surface area contributed by atoms with Crippen LogP contribution in [0.25, 0.3) is 0 Å². The fourth-order valence-corrected chi connectivity index (χ4v) is 5.25. The van der Waals surface area contributed by atoms with Crippen molar-refractivity contribution in [2.75, 3.05) is 40.0 Å². The van der Waals surface area contributed by atoms with Gasteiger partial charge in [0, 0.05) is 31.8 Å². The van der Waals surface area contributed by atoms with E-state index in [-0.39, 0.29) is 37.1 Å². The van der Waals surface area contributed by atoms with Crippen molar-refractivity contribution < 1.29 is 33.4 Å². The fraction of sp³-hybridized carbons (Fsp3) is 0.515. The van der Waals surface area contributed by atoms with E-state index in [0.717, 1.165) is 11.1 Å². The van der Waals surface area contributed by atoms with Crippen molar-refractivity contribution in [3.63, 3.8) is 0 Å². The first kappa shape index (κ1) is 32.3. The van der Waals surface area contributed by atoms with Crippen LogP contribution in [0.5, 0.6) is 5.75 Å². The molecule has 43 heavy (non-hydrogen) atoms. The molecule has 2 amide bonds. The molecule has 5 atom stereocenters. The van der Waals surface area contributed by atoms with Crippen molar-refractivity contribution in [3.05, 3.63) is 65.7 Å². The molecule has 2 saturated heterocycles. The molecule has 10 heteroatoms. The van der Waals surface area contributed by atoms with E-state index in [1.165, 1.54) is 0 Å². The molecule has 232 valence electrons. The van der Waals surface area contributed by atoms with Crippen molar-refractivity contribution >= 4 is 23.4 Å². The minimum atomic E-state index is -0.974. The lowest BCUT2D eigenvalue weighted by atomic mass is 9.94. The first-order chi connectivity index (χ1) is 20.6. The molecule has 2 aliphatic heterocycles. The number of Topliss-reactive ketones (excluding diaryl/α,β-unsaturated/α-hetero) is 2. The second-order valence-corrected chi connectivity index (χ2v) is 11.8. The standard InChI is InChI=1S/C33H43N3O7/c1-22(16-26(37)20-36-14-15-42-23(2)19-36)31(39)35-29(18-25-10-12-27(41-4)13-11-25)32(40)34-28(30(38)33(3)21-43-33)17-24-8-6-5-7-9-24/h5-13,22-23,28-29H,14-21H2,1-4H3,(H,34,40)(H,35,39)/t22-,23+,28+,29?,33-/m1/s1. The van der Waals surface area contributed by atoms with Crippen LogP contribution in [0.2, 0.25) is 0 Å². The summed E-state index contributed by atoms with van der Waals surface area (Å²) in [4.78, 5) is 55.3. The highest BCUT2D eigenvalue weighted by Gasteiger charge is 2.50. The highest BCUT2D eigenvalue weighted by atomic mass is 16.6. The summed E-state index contributed by atoms with van der Waals surface area (Å²) in [5.41, 5.74) is 0.756. The topological polar surface area (TPSA) is 127 Å². The van der Waals surface area contributed by atoms with Gasteiger partial charge >= 0.3 is 0 Å². The zero-order valence-corrected chi connectivity index (χ0v) is 25.5. The summed E-state index contributed by atoms with van der Waals surface area (Å²) in [5, 5.41) is 5.77. The molecule has 0 radical (unpaired) electrons. The lowest BCUT2D eigenvalue weighted by Gasteiger charge is -2.30. The van der Waals surface area contributed by atoms with Gasteiger partial charge < -0.3 is 24.8 Å². The Kier molecular flexibility index (Phi) is 11.1. The number of morpholine rings is 1. The average molecular weight is 594 g/mol. The second-order valence-electron chi connectivity index (χ2n) is 11.8. The lowest BCUT2D eigenvalue weighted by Crippen LogP contribution is -2.55. The van der Waals surface area contributed by atoms with Gasteiger partial charge in [0.2, 0.25) is 11.8 Å². The summed E-state index contributed by atoms with van der Waals surface area (Å²) in [5.74, 6) is -1.11. The molecule has 2 aliphatic rings. The van der Waals surface area contributed by atoms with E-state index in [2.05, 4.69) is 10.6 Å². The zero-order valence-electron chi connectivity index (χ0n) is 25.5. The Morgan fingerprint density at radius 1 is 0.977 bits per heavy atom. The zero-order chi connectivity index (χ0) is 31.0. The van der Waals surface area contributed by atoms with Crippen LogP contribution in [0.1, 0.15) is 38.3 Å². The van der Waals surface area contributed by atoms with Gasteiger partial charge in [-0.15, -0.1) is 0 Å². The summed E-state index contributed by atoms with van der Waals surface area (Å²) in [6.45, 7) is 7.84. The fourth-order valence-electron chi connectivity index (χ4n) is 5.25. The van der Waals surface area contributed by atoms with E-state index in [1.807, 2.05) is 54.3 Å². The van der Waals surface area contributed by atoms with Crippen LogP contribution in [0, 0.1) is 5.92 Å². The molecule has 0 bridgehead atoms. The van der Waals surface area contributed by atoms with Crippen LogP contribution < -0.4 is 15.4 Å². The Hall–Kier alpha value is -3.60. The minimum absolute atomic E-state index is 0.0425. The van der Waals surface area contributed by atoms with Gasteiger partial charge in [0.05, 0.1) is 39.0 Å². The predicted octanol–water partition coefficient (Wildman–Crippen LogP) is 2.12. The largest absolute Gasteiger partial charge is 0.497 e. The van der Waals surface area contributed by atoms with Crippen molar-refractivity contribution in [3.8, 4) is 5.75 Å². The number of carbonyl (C=O) groups excluding carboxylic acids is 4. The summed E-state index contributed by atoms with van der Waals surface area (Å²) in [6.07, 6.45) is 0.595. The van der Waals surface area contributed by atoms with Crippen LogP contribution >= 0.6 is 0 Å². The lowest BCUT2D eigenvalue weighted by molar-refractivity contribution is -0.134. The molecular weight excluding hydrogens is 550 g/mol. The number of benzene rings is 2. The highest BCUT2D eigenvalue weighted by Crippen LogP contribution is 2.29. The number of hydrogen-bond donors (Lipinski definition) is 2. The summed E-state index contributed by atoms with van der Waals surface area (Å²) in [6, 6.07) is 14.8. The molecule has 0 spiro atoms. The molecule has 2 fully saturated rings. The molecule has 0 aromatic heterocycles. The third kappa shape index (κ3) is 9.44. The predicted molar refractivity (Wildman–Crippen MR) is 161 cm³/mol. The average Bonchev–Trinajstić information content (AvgIpc) is 3.75. The van der Waals surface area contributed by atoms with Gasteiger partial charge in [-0.1, -0.05) is 49.4 Å². The van der Waals surface area contributed by atoms with Gasteiger partial charge in [-0.25, -0.2) is 0 Å². The van der Waals surface area contributed by atoms with Crippen LogP contribution in [0.4, 0.5) is 0 Å². The molecule has 10 nitrogen and oxygen atoms in total. The second kappa shape index (κ2) is 14.7. The van der Waals surface area contributed by atoms with E-state index < -0.39 is 35.4 Å². The van der Waals surface area contributed by atoms with Crippen LogP contribution in [0.3, 0.4) is 0 Å². The Balaban J connectivity index is 1.46. The molecule has 1 unspecified atom stereocenters. The summed E-state index contributed by atoms with van der Waals surface area (Å²) < 4.78 is 16.2. The van der Waals surface area contributed by atoms with Crippen LogP contribution in [0.15, 0.2) is 54.6 Å². The normalized spacial score (nSPS) is 22.1.